The van der Waals surface area contributed by atoms with E-state index in [1.54, 1.807) is 12.3 Å². The zero-order chi connectivity index (χ0) is 17.9. The topological polar surface area (TPSA) is 52.5 Å². The first-order valence-electron chi connectivity index (χ1n) is 8.96. The minimum atomic E-state index is -4.16. The molecule has 0 unspecified atom stereocenters. The van der Waals surface area contributed by atoms with Gasteiger partial charge in [0.25, 0.3) is 0 Å². The lowest BCUT2D eigenvalue weighted by Gasteiger charge is -2.41. The van der Waals surface area contributed by atoms with Crippen LogP contribution in [0.2, 0.25) is 0 Å². The Labute approximate surface area is 145 Å². The van der Waals surface area contributed by atoms with Gasteiger partial charge in [0.1, 0.15) is 0 Å². The van der Waals surface area contributed by atoms with Crippen molar-refractivity contribution in [2.24, 2.45) is 0 Å². The van der Waals surface area contributed by atoms with Crippen LogP contribution in [-0.4, -0.2) is 64.5 Å². The molecule has 25 heavy (non-hydrogen) atoms. The number of alkyl halides is 3. The van der Waals surface area contributed by atoms with Gasteiger partial charge in [-0.15, -0.1) is 0 Å². The first-order valence-corrected chi connectivity index (χ1v) is 8.96. The summed E-state index contributed by atoms with van der Waals surface area (Å²) >= 11 is 0. The molecule has 1 aromatic heterocycles. The number of aromatic nitrogens is 2. The summed E-state index contributed by atoms with van der Waals surface area (Å²) in [5, 5.41) is 9.83. The summed E-state index contributed by atoms with van der Waals surface area (Å²) < 4.78 is 37.1. The molecule has 2 saturated heterocycles. The molecule has 2 aliphatic rings. The lowest BCUT2D eigenvalue weighted by atomic mass is 9.99. The monoisotopic (exact) mass is 358 g/mol. The Morgan fingerprint density at radius 1 is 1.16 bits per heavy atom. The third kappa shape index (κ3) is 5.28. The Bertz CT molecular complexity index is 561. The second kappa shape index (κ2) is 7.86. The molecule has 0 spiro atoms. The lowest BCUT2D eigenvalue weighted by molar-refractivity contribution is -0.134. The molecule has 0 radical (unpaired) electrons. The van der Waals surface area contributed by atoms with Crippen LogP contribution in [0.25, 0.3) is 0 Å². The molecule has 1 atom stereocenters. The molecular weight excluding hydrogens is 333 g/mol. The maximum Gasteiger partial charge on any atom is 0.389 e. The predicted octanol–water partition coefficient (Wildman–Crippen LogP) is 2.40. The molecule has 8 heteroatoms. The van der Waals surface area contributed by atoms with Gasteiger partial charge in [-0.2, -0.15) is 13.2 Å². The molecule has 5 nitrogen and oxygen atoms in total. The maximum atomic E-state index is 12.4. The molecule has 2 fully saturated rings. The highest BCUT2D eigenvalue weighted by molar-refractivity contribution is 5.31. The molecule has 0 aliphatic carbocycles. The molecule has 1 aromatic rings. The third-order valence-corrected chi connectivity index (χ3v) is 5.06. The van der Waals surface area contributed by atoms with Crippen LogP contribution in [0.4, 0.5) is 19.1 Å². The molecule has 3 rings (SSSR count). The summed E-state index contributed by atoms with van der Waals surface area (Å²) in [6, 6.07) is 2.01. The van der Waals surface area contributed by atoms with Crippen LogP contribution in [0.15, 0.2) is 12.3 Å². The van der Waals surface area contributed by atoms with Gasteiger partial charge in [0, 0.05) is 44.0 Å². The van der Waals surface area contributed by atoms with Crippen molar-refractivity contribution < 1.29 is 18.3 Å². The molecule has 2 aliphatic heterocycles. The summed E-state index contributed by atoms with van der Waals surface area (Å²) in [7, 11) is 0. The van der Waals surface area contributed by atoms with Crippen molar-refractivity contribution in [1.82, 2.24) is 14.9 Å². The van der Waals surface area contributed by atoms with Crippen molar-refractivity contribution in [2.75, 3.05) is 31.1 Å². The summed E-state index contributed by atoms with van der Waals surface area (Å²) in [6.07, 6.45) is 0.0271. The van der Waals surface area contributed by atoms with Gasteiger partial charge in [-0.1, -0.05) is 0 Å². The van der Waals surface area contributed by atoms with Crippen LogP contribution in [-0.2, 0) is 6.42 Å². The van der Waals surface area contributed by atoms with E-state index >= 15 is 0 Å². The zero-order valence-corrected chi connectivity index (χ0v) is 14.3. The first kappa shape index (κ1) is 18.4. The van der Waals surface area contributed by atoms with E-state index in [1.165, 1.54) is 0 Å². The van der Waals surface area contributed by atoms with Crippen LogP contribution in [0, 0.1) is 0 Å². The fraction of sp³-hybridized carbons (Fsp3) is 0.765. The highest BCUT2D eigenvalue weighted by Crippen LogP contribution is 2.24. The average molecular weight is 358 g/mol. The maximum absolute atomic E-state index is 12.4. The molecule has 0 bridgehead atoms. The Morgan fingerprint density at radius 3 is 2.60 bits per heavy atom. The van der Waals surface area contributed by atoms with E-state index in [9.17, 15) is 18.3 Å². The molecule has 1 N–H and O–H groups in total. The summed E-state index contributed by atoms with van der Waals surface area (Å²) in [6.45, 7) is 3.36. The molecule has 0 saturated carbocycles. The number of piperidine rings is 2. The SMILES string of the molecule is O[C@@H]1CCCN(C2CCN(c3nccc(CCC(F)(F)F)n3)CC2)C1. The number of likely N-dealkylation sites (tertiary alicyclic amines) is 1. The minimum Gasteiger partial charge on any atom is -0.392 e. The van der Waals surface area contributed by atoms with Crippen molar-refractivity contribution >= 4 is 5.95 Å². The molecule has 140 valence electrons. The summed E-state index contributed by atoms with van der Waals surface area (Å²) in [5.74, 6) is 0.525. The van der Waals surface area contributed by atoms with E-state index in [1.807, 2.05) is 4.90 Å². The third-order valence-electron chi connectivity index (χ3n) is 5.06. The molecular formula is C17H25F3N4O. The van der Waals surface area contributed by atoms with Gasteiger partial charge in [-0.05, 0) is 44.7 Å². The van der Waals surface area contributed by atoms with E-state index in [0.717, 1.165) is 51.9 Å². The smallest absolute Gasteiger partial charge is 0.389 e. The molecule has 3 heterocycles. The number of nitrogens with zero attached hydrogens (tertiary/aromatic N) is 4. The average Bonchev–Trinajstić information content (AvgIpc) is 2.60. The number of β-amino-alcohol motifs (C(OH)–C–C–N with tert-alkyl or cyclic N) is 1. The highest BCUT2D eigenvalue weighted by atomic mass is 19.4. The number of hydrogen-bond acceptors (Lipinski definition) is 5. The summed E-state index contributed by atoms with van der Waals surface area (Å²) in [4.78, 5) is 13.0. The number of aryl methyl sites for hydroxylation is 1. The Kier molecular flexibility index (Phi) is 5.78. The predicted molar refractivity (Wildman–Crippen MR) is 88.5 cm³/mol. The van der Waals surface area contributed by atoms with E-state index in [2.05, 4.69) is 14.9 Å². The molecule has 0 amide bonds. The standard InChI is InChI=1S/C17H25F3N4O/c18-17(19,20)7-3-13-4-8-21-16(22-13)23-10-5-14(6-11-23)24-9-1-2-15(25)12-24/h4,8,14-15,25H,1-3,5-7,9-12H2/t15-/m1/s1. The second-order valence-electron chi connectivity index (χ2n) is 6.97. The van der Waals surface area contributed by atoms with Crippen LogP contribution in [0.5, 0.6) is 0 Å². The van der Waals surface area contributed by atoms with Crippen LogP contribution in [0.1, 0.15) is 37.8 Å². The van der Waals surface area contributed by atoms with E-state index in [4.69, 9.17) is 0 Å². The van der Waals surface area contributed by atoms with E-state index < -0.39 is 12.6 Å². The minimum absolute atomic E-state index is 0.110. The van der Waals surface area contributed by atoms with Gasteiger partial charge in [-0.25, -0.2) is 9.97 Å². The van der Waals surface area contributed by atoms with Crippen molar-refractivity contribution in [3.63, 3.8) is 0 Å². The van der Waals surface area contributed by atoms with Crippen molar-refractivity contribution in [2.45, 2.75) is 56.8 Å². The Balaban J connectivity index is 1.54. The fourth-order valence-electron chi connectivity index (χ4n) is 3.69. The van der Waals surface area contributed by atoms with E-state index in [-0.39, 0.29) is 12.5 Å². The van der Waals surface area contributed by atoms with Gasteiger partial charge >= 0.3 is 6.18 Å². The second-order valence-corrected chi connectivity index (χ2v) is 6.97. The van der Waals surface area contributed by atoms with Gasteiger partial charge < -0.3 is 10.0 Å². The van der Waals surface area contributed by atoms with Crippen molar-refractivity contribution in [3.05, 3.63) is 18.0 Å². The quantitative estimate of drug-likeness (QED) is 0.896. The Hall–Kier alpha value is -1.41. The fourth-order valence-corrected chi connectivity index (χ4v) is 3.69. The number of anilines is 1. The van der Waals surface area contributed by atoms with Gasteiger partial charge in [0.15, 0.2) is 0 Å². The number of halogens is 3. The van der Waals surface area contributed by atoms with Gasteiger partial charge in [-0.3, -0.25) is 4.90 Å². The van der Waals surface area contributed by atoms with Crippen LogP contribution in [0.3, 0.4) is 0 Å². The van der Waals surface area contributed by atoms with Gasteiger partial charge in [0.2, 0.25) is 5.95 Å². The van der Waals surface area contributed by atoms with Gasteiger partial charge in [0.05, 0.1) is 6.10 Å². The van der Waals surface area contributed by atoms with E-state index in [0.29, 0.717) is 17.7 Å². The van der Waals surface area contributed by atoms with Crippen molar-refractivity contribution in [1.29, 1.82) is 0 Å². The number of hydrogen-bond donors (Lipinski definition) is 1. The summed E-state index contributed by atoms with van der Waals surface area (Å²) in [5.41, 5.74) is 0.434. The van der Waals surface area contributed by atoms with Crippen LogP contribution >= 0.6 is 0 Å². The largest absolute Gasteiger partial charge is 0.392 e. The zero-order valence-electron chi connectivity index (χ0n) is 14.3. The number of aliphatic hydroxyl groups excluding tert-OH is 1. The molecule has 0 aromatic carbocycles. The van der Waals surface area contributed by atoms with Crippen molar-refractivity contribution in [3.8, 4) is 0 Å². The number of rotatable bonds is 4. The Morgan fingerprint density at radius 2 is 1.92 bits per heavy atom. The first-order chi connectivity index (χ1) is 11.9. The number of aliphatic hydroxyl groups is 1. The van der Waals surface area contributed by atoms with Crippen LogP contribution < -0.4 is 4.90 Å². The lowest BCUT2D eigenvalue weighted by Crippen LogP contribution is -2.49. The highest BCUT2D eigenvalue weighted by Gasteiger charge is 2.29. The normalized spacial score (nSPS) is 23.8.